The number of anilines is 2. The maximum absolute atomic E-state index is 11.0. The summed E-state index contributed by atoms with van der Waals surface area (Å²) in [5.74, 6) is 5.83. The maximum Gasteiger partial charge on any atom is 0.293 e. The molecular weight excluding hydrogens is 312 g/mol. The van der Waals surface area contributed by atoms with E-state index in [2.05, 4.69) is 15.6 Å². The first-order chi connectivity index (χ1) is 10.0. The molecule has 0 spiro atoms. The average Bonchev–Trinajstić information content (AvgIpc) is 2.94. The highest BCUT2D eigenvalue weighted by Gasteiger charge is 2.14. The molecule has 0 saturated heterocycles. The quantitative estimate of drug-likeness (QED) is 0.359. The van der Waals surface area contributed by atoms with Crippen LogP contribution in [0.4, 0.5) is 16.5 Å². The molecule has 112 valence electrons. The number of nitrogen functional groups attached to an aromatic ring is 1. The van der Waals surface area contributed by atoms with Crippen LogP contribution in [-0.2, 0) is 5.75 Å². The minimum Gasteiger partial charge on any atom is -0.353 e. The van der Waals surface area contributed by atoms with E-state index in [1.807, 2.05) is 19.0 Å². The molecule has 1 aromatic carbocycles. The highest BCUT2D eigenvalue weighted by atomic mass is 32.2. The Morgan fingerprint density at radius 3 is 2.81 bits per heavy atom. The van der Waals surface area contributed by atoms with E-state index < -0.39 is 4.92 Å². The molecule has 0 aliphatic rings. The topological polar surface area (TPSA) is 110 Å². The van der Waals surface area contributed by atoms with Gasteiger partial charge in [-0.05, 0) is 11.6 Å². The Bertz CT molecular complexity index is 645. The van der Waals surface area contributed by atoms with Gasteiger partial charge in [0.1, 0.15) is 5.69 Å². The van der Waals surface area contributed by atoms with Gasteiger partial charge >= 0.3 is 0 Å². The molecule has 0 fully saturated rings. The Labute approximate surface area is 129 Å². The molecule has 0 atom stereocenters. The zero-order valence-electron chi connectivity index (χ0n) is 11.4. The Kier molecular flexibility index (Phi) is 4.94. The third-order valence-corrected chi connectivity index (χ3v) is 4.85. The van der Waals surface area contributed by atoms with Gasteiger partial charge in [0.05, 0.1) is 4.92 Å². The fourth-order valence-electron chi connectivity index (χ4n) is 1.53. The minimum atomic E-state index is -0.460. The molecular formula is C11H14N6O2S2. The van der Waals surface area contributed by atoms with E-state index in [-0.39, 0.29) is 5.69 Å². The standard InChI is InChI=1S/C11H14N6O2S2/c1-16(2)10-14-15-11(21-10)20-6-7-3-4-8(13-12)9(5-7)17(18)19/h3-5,13H,6,12H2,1-2H3. The summed E-state index contributed by atoms with van der Waals surface area (Å²) in [4.78, 5) is 12.4. The number of aromatic nitrogens is 2. The first-order valence-electron chi connectivity index (χ1n) is 5.89. The van der Waals surface area contributed by atoms with Gasteiger partial charge in [0.15, 0.2) is 4.34 Å². The zero-order valence-corrected chi connectivity index (χ0v) is 13.1. The second kappa shape index (κ2) is 6.70. The SMILES string of the molecule is CN(C)c1nnc(SCc2ccc(NN)c([N+](=O)[O-])c2)s1. The van der Waals surface area contributed by atoms with E-state index in [0.29, 0.717) is 11.4 Å². The van der Waals surface area contributed by atoms with Gasteiger partial charge in [-0.3, -0.25) is 16.0 Å². The lowest BCUT2D eigenvalue weighted by atomic mass is 10.2. The number of thioether (sulfide) groups is 1. The summed E-state index contributed by atoms with van der Waals surface area (Å²) in [7, 11) is 3.80. The van der Waals surface area contributed by atoms with Gasteiger partial charge in [-0.15, -0.1) is 10.2 Å². The van der Waals surface area contributed by atoms with Gasteiger partial charge in [-0.25, -0.2) is 0 Å². The van der Waals surface area contributed by atoms with Gasteiger partial charge in [0.2, 0.25) is 5.13 Å². The molecule has 0 aliphatic heterocycles. The zero-order chi connectivity index (χ0) is 15.4. The average molecular weight is 326 g/mol. The summed E-state index contributed by atoms with van der Waals surface area (Å²) < 4.78 is 0.822. The molecule has 3 N–H and O–H groups in total. The summed E-state index contributed by atoms with van der Waals surface area (Å²) in [6, 6.07) is 4.90. The molecule has 1 heterocycles. The summed E-state index contributed by atoms with van der Waals surface area (Å²) in [5, 5.41) is 19.9. The van der Waals surface area contributed by atoms with Crippen LogP contribution in [0.1, 0.15) is 5.56 Å². The lowest BCUT2D eigenvalue weighted by Crippen LogP contribution is -2.09. The smallest absolute Gasteiger partial charge is 0.293 e. The van der Waals surface area contributed by atoms with Crippen molar-refractivity contribution >= 4 is 39.6 Å². The van der Waals surface area contributed by atoms with E-state index in [0.717, 1.165) is 15.0 Å². The van der Waals surface area contributed by atoms with Crippen LogP contribution in [0.3, 0.4) is 0 Å². The van der Waals surface area contributed by atoms with Crippen molar-refractivity contribution in [2.75, 3.05) is 24.4 Å². The van der Waals surface area contributed by atoms with E-state index in [1.165, 1.54) is 29.2 Å². The summed E-state index contributed by atoms with van der Waals surface area (Å²) in [5.41, 5.74) is 3.40. The van der Waals surface area contributed by atoms with Gasteiger partial charge in [0.25, 0.3) is 5.69 Å². The predicted molar refractivity (Wildman–Crippen MR) is 84.7 cm³/mol. The summed E-state index contributed by atoms with van der Waals surface area (Å²) >= 11 is 2.97. The molecule has 0 amide bonds. The Balaban J connectivity index is 2.09. The van der Waals surface area contributed by atoms with Crippen molar-refractivity contribution < 1.29 is 4.92 Å². The molecule has 1 aromatic heterocycles. The first-order valence-corrected chi connectivity index (χ1v) is 7.69. The van der Waals surface area contributed by atoms with Gasteiger partial charge in [-0.2, -0.15) is 0 Å². The van der Waals surface area contributed by atoms with Crippen molar-refractivity contribution in [1.82, 2.24) is 10.2 Å². The molecule has 2 rings (SSSR count). The van der Waals surface area contributed by atoms with E-state index >= 15 is 0 Å². The highest BCUT2D eigenvalue weighted by molar-refractivity contribution is 8.00. The second-order valence-corrected chi connectivity index (χ2v) is 6.47. The fraction of sp³-hybridized carbons (Fsp3) is 0.273. The van der Waals surface area contributed by atoms with E-state index in [4.69, 9.17) is 5.84 Å². The van der Waals surface area contributed by atoms with Crippen molar-refractivity contribution in [3.05, 3.63) is 33.9 Å². The van der Waals surface area contributed by atoms with Crippen LogP contribution in [0, 0.1) is 10.1 Å². The van der Waals surface area contributed by atoms with Crippen molar-refractivity contribution in [3.8, 4) is 0 Å². The Hall–Kier alpha value is -1.91. The maximum atomic E-state index is 11.0. The number of nitrogens with two attached hydrogens (primary N) is 1. The normalized spacial score (nSPS) is 10.4. The Morgan fingerprint density at radius 1 is 1.48 bits per heavy atom. The van der Waals surface area contributed by atoms with Crippen LogP contribution in [0.15, 0.2) is 22.5 Å². The lowest BCUT2D eigenvalue weighted by Gasteiger charge is -2.04. The van der Waals surface area contributed by atoms with Crippen molar-refractivity contribution in [1.29, 1.82) is 0 Å². The molecule has 0 bridgehead atoms. The third kappa shape index (κ3) is 3.80. The molecule has 2 aromatic rings. The molecule has 0 aliphatic carbocycles. The molecule has 8 nitrogen and oxygen atoms in total. The largest absolute Gasteiger partial charge is 0.353 e. The molecule has 0 radical (unpaired) electrons. The van der Waals surface area contributed by atoms with Crippen LogP contribution < -0.4 is 16.2 Å². The number of nitrogens with one attached hydrogen (secondary N) is 1. The molecule has 0 unspecified atom stereocenters. The lowest BCUT2D eigenvalue weighted by molar-refractivity contribution is -0.384. The summed E-state index contributed by atoms with van der Waals surface area (Å²) in [6.45, 7) is 0. The number of nitro groups is 1. The fourth-order valence-corrected chi connectivity index (χ4v) is 3.23. The number of rotatable bonds is 6. The number of hydrogen-bond donors (Lipinski definition) is 2. The molecule has 0 saturated carbocycles. The van der Waals surface area contributed by atoms with Crippen LogP contribution in [0.5, 0.6) is 0 Å². The van der Waals surface area contributed by atoms with Crippen LogP contribution >= 0.6 is 23.1 Å². The third-order valence-electron chi connectivity index (χ3n) is 2.56. The number of nitro benzene ring substituents is 1. The van der Waals surface area contributed by atoms with Crippen molar-refractivity contribution in [2.45, 2.75) is 10.1 Å². The van der Waals surface area contributed by atoms with Gasteiger partial charge < -0.3 is 10.3 Å². The van der Waals surface area contributed by atoms with Gasteiger partial charge in [0, 0.05) is 25.9 Å². The van der Waals surface area contributed by atoms with Crippen molar-refractivity contribution in [3.63, 3.8) is 0 Å². The minimum absolute atomic E-state index is 0.0400. The molecule has 21 heavy (non-hydrogen) atoms. The van der Waals surface area contributed by atoms with Gasteiger partial charge in [-0.1, -0.05) is 29.2 Å². The number of benzene rings is 1. The first kappa shape index (κ1) is 15.5. The number of nitrogens with zero attached hydrogens (tertiary/aromatic N) is 4. The number of hydrogen-bond acceptors (Lipinski definition) is 9. The Morgan fingerprint density at radius 2 is 2.24 bits per heavy atom. The van der Waals surface area contributed by atoms with Crippen LogP contribution in [0.25, 0.3) is 0 Å². The van der Waals surface area contributed by atoms with Crippen LogP contribution in [-0.4, -0.2) is 29.2 Å². The van der Waals surface area contributed by atoms with Crippen LogP contribution in [0.2, 0.25) is 0 Å². The highest BCUT2D eigenvalue weighted by Crippen LogP contribution is 2.31. The molecule has 10 heteroatoms. The second-order valence-electron chi connectivity index (χ2n) is 4.29. The predicted octanol–water partition coefficient (Wildman–Crippen LogP) is 2.09. The summed E-state index contributed by atoms with van der Waals surface area (Å²) in [6.07, 6.45) is 0. The monoisotopic (exact) mass is 326 g/mol. The van der Waals surface area contributed by atoms with E-state index in [1.54, 1.807) is 12.1 Å². The number of hydrazine groups is 1. The van der Waals surface area contributed by atoms with E-state index in [9.17, 15) is 10.1 Å². The van der Waals surface area contributed by atoms with Crippen molar-refractivity contribution in [2.24, 2.45) is 5.84 Å².